The first kappa shape index (κ1) is 14.7. The largest absolute Gasteiger partial charge is 0.248 e. The van der Waals surface area contributed by atoms with Crippen LogP contribution in [0.4, 0.5) is 0 Å². The summed E-state index contributed by atoms with van der Waals surface area (Å²) in [5.74, 6) is 0. The molecule has 1 aromatic carbocycles. The van der Waals surface area contributed by atoms with Crippen LogP contribution < -0.4 is 4.72 Å². The Morgan fingerprint density at radius 2 is 2.20 bits per heavy atom. The second kappa shape index (κ2) is 6.13. The fraction of sp³-hybridized carbons (Fsp3) is 0.231. The molecule has 0 saturated carbocycles. The highest BCUT2D eigenvalue weighted by atomic mass is 32.2. The topological polar surface area (TPSA) is 82.9 Å². The van der Waals surface area contributed by atoms with Crippen LogP contribution in [0, 0.1) is 11.3 Å². The number of hydrogen-bond donors (Lipinski definition) is 1. The Hall–Kier alpha value is -1.75. The Bertz CT molecular complexity index is 718. The first-order valence-corrected chi connectivity index (χ1v) is 8.35. The van der Waals surface area contributed by atoms with Gasteiger partial charge in [0.15, 0.2) is 0 Å². The molecule has 2 aromatic rings. The minimum Gasteiger partial charge on any atom is -0.248 e. The van der Waals surface area contributed by atoms with Crippen LogP contribution in [0.2, 0.25) is 0 Å². The van der Waals surface area contributed by atoms with E-state index in [0.29, 0.717) is 11.4 Å². The van der Waals surface area contributed by atoms with E-state index in [9.17, 15) is 8.42 Å². The van der Waals surface area contributed by atoms with E-state index in [0.717, 1.165) is 0 Å². The number of thiazole rings is 1. The summed E-state index contributed by atoms with van der Waals surface area (Å²) in [7, 11) is -3.75. The minimum absolute atomic E-state index is 0.00231. The van der Waals surface area contributed by atoms with Crippen molar-refractivity contribution in [3.63, 3.8) is 0 Å². The third kappa shape index (κ3) is 3.04. The molecule has 20 heavy (non-hydrogen) atoms. The standard InChI is InChI=1S/C13H13N3O2S2/c1-2-11(13-15-7-8-19-13)16-20(17,18)12-6-4-3-5-10(12)9-14/h3-8,11,16H,2H2,1H3. The highest BCUT2D eigenvalue weighted by Crippen LogP contribution is 2.23. The van der Waals surface area contributed by atoms with E-state index in [-0.39, 0.29) is 16.5 Å². The number of benzene rings is 1. The second-order valence-corrected chi connectivity index (χ2v) is 6.67. The Labute approximate surface area is 122 Å². The summed E-state index contributed by atoms with van der Waals surface area (Å²) in [6.07, 6.45) is 2.22. The zero-order valence-corrected chi connectivity index (χ0v) is 12.4. The number of sulfonamides is 1. The number of nitriles is 1. The maximum Gasteiger partial charge on any atom is 0.242 e. The van der Waals surface area contributed by atoms with Gasteiger partial charge in [-0.1, -0.05) is 19.1 Å². The average molecular weight is 307 g/mol. The van der Waals surface area contributed by atoms with Gasteiger partial charge in [-0.2, -0.15) is 5.26 Å². The van der Waals surface area contributed by atoms with Gasteiger partial charge < -0.3 is 0 Å². The van der Waals surface area contributed by atoms with Crippen molar-refractivity contribution in [3.8, 4) is 6.07 Å². The third-order valence-corrected chi connectivity index (χ3v) is 5.17. The molecule has 1 N–H and O–H groups in total. The van der Waals surface area contributed by atoms with Crippen molar-refractivity contribution in [2.75, 3.05) is 0 Å². The number of nitrogens with one attached hydrogen (secondary N) is 1. The molecule has 1 unspecified atom stereocenters. The molecule has 0 bridgehead atoms. The first-order valence-electron chi connectivity index (χ1n) is 5.99. The molecule has 104 valence electrons. The molecule has 7 heteroatoms. The summed E-state index contributed by atoms with van der Waals surface area (Å²) in [5.41, 5.74) is 0.133. The lowest BCUT2D eigenvalue weighted by Gasteiger charge is -2.15. The molecule has 0 aliphatic rings. The monoisotopic (exact) mass is 307 g/mol. The lowest BCUT2D eigenvalue weighted by atomic mass is 10.2. The van der Waals surface area contributed by atoms with Crippen molar-refractivity contribution < 1.29 is 8.42 Å². The van der Waals surface area contributed by atoms with Gasteiger partial charge in [0, 0.05) is 11.6 Å². The Morgan fingerprint density at radius 3 is 2.80 bits per heavy atom. The highest BCUT2D eigenvalue weighted by Gasteiger charge is 2.23. The quantitative estimate of drug-likeness (QED) is 0.919. The molecule has 0 radical (unpaired) electrons. The maximum absolute atomic E-state index is 12.4. The van der Waals surface area contributed by atoms with E-state index >= 15 is 0 Å². The zero-order valence-electron chi connectivity index (χ0n) is 10.8. The van der Waals surface area contributed by atoms with Crippen LogP contribution in [0.25, 0.3) is 0 Å². The second-order valence-electron chi connectivity index (χ2n) is 4.06. The normalized spacial score (nSPS) is 12.8. The van der Waals surface area contributed by atoms with Crippen molar-refractivity contribution in [1.82, 2.24) is 9.71 Å². The molecule has 0 fully saturated rings. The molecule has 0 saturated heterocycles. The van der Waals surface area contributed by atoms with Crippen molar-refractivity contribution in [2.24, 2.45) is 0 Å². The predicted molar refractivity (Wildman–Crippen MR) is 76.6 cm³/mol. The molecule has 0 spiro atoms. The SMILES string of the molecule is CCC(NS(=O)(=O)c1ccccc1C#N)c1nccs1. The lowest BCUT2D eigenvalue weighted by Crippen LogP contribution is -2.28. The van der Waals surface area contributed by atoms with Gasteiger partial charge in [0.05, 0.1) is 16.5 Å². The summed E-state index contributed by atoms with van der Waals surface area (Å²) in [4.78, 5) is 4.13. The van der Waals surface area contributed by atoms with Gasteiger partial charge in [-0.05, 0) is 18.6 Å². The van der Waals surface area contributed by atoms with E-state index < -0.39 is 10.0 Å². The third-order valence-electron chi connectivity index (χ3n) is 2.75. The van der Waals surface area contributed by atoms with Gasteiger partial charge in [0.1, 0.15) is 11.1 Å². The van der Waals surface area contributed by atoms with Crippen molar-refractivity contribution >= 4 is 21.4 Å². The molecule has 0 aliphatic heterocycles. The number of hydrogen-bond acceptors (Lipinski definition) is 5. The molecular formula is C13H13N3O2S2. The van der Waals surface area contributed by atoms with Crippen LogP contribution in [-0.2, 0) is 10.0 Å². The Morgan fingerprint density at radius 1 is 1.45 bits per heavy atom. The van der Waals surface area contributed by atoms with Crippen LogP contribution >= 0.6 is 11.3 Å². The van der Waals surface area contributed by atoms with Crippen LogP contribution in [0.15, 0.2) is 40.7 Å². The number of rotatable bonds is 5. The number of aromatic nitrogens is 1. The summed E-state index contributed by atoms with van der Waals surface area (Å²) < 4.78 is 27.4. The summed E-state index contributed by atoms with van der Waals surface area (Å²) in [6, 6.07) is 7.66. The Balaban J connectivity index is 2.34. The van der Waals surface area contributed by atoms with Gasteiger partial charge in [-0.3, -0.25) is 0 Å². The van der Waals surface area contributed by atoms with E-state index in [4.69, 9.17) is 5.26 Å². The maximum atomic E-state index is 12.4. The fourth-order valence-electron chi connectivity index (χ4n) is 1.76. The van der Waals surface area contributed by atoms with Crippen molar-refractivity contribution in [3.05, 3.63) is 46.4 Å². The van der Waals surface area contributed by atoms with Crippen LogP contribution in [0.1, 0.15) is 30.0 Å². The highest BCUT2D eigenvalue weighted by molar-refractivity contribution is 7.89. The molecule has 1 atom stereocenters. The van der Waals surface area contributed by atoms with Gasteiger partial charge in [-0.25, -0.2) is 18.1 Å². The van der Waals surface area contributed by atoms with Crippen LogP contribution in [0.3, 0.4) is 0 Å². The first-order chi connectivity index (χ1) is 9.58. The van der Waals surface area contributed by atoms with Gasteiger partial charge in [-0.15, -0.1) is 11.3 Å². The van der Waals surface area contributed by atoms with E-state index in [1.165, 1.54) is 23.5 Å². The average Bonchev–Trinajstić information content (AvgIpc) is 2.98. The van der Waals surface area contributed by atoms with Crippen molar-refractivity contribution in [2.45, 2.75) is 24.3 Å². The predicted octanol–water partition coefficient (Wildman–Crippen LogP) is 2.44. The minimum atomic E-state index is -3.75. The molecule has 0 aliphatic carbocycles. The molecule has 5 nitrogen and oxygen atoms in total. The lowest BCUT2D eigenvalue weighted by molar-refractivity contribution is 0.549. The molecular weight excluding hydrogens is 294 g/mol. The van der Waals surface area contributed by atoms with E-state index in [2.05, 4.69) is 9.71 Å². The molecule has 0 amide bonds. The zero-order chi connectivity index (χ0) is 14.6. The van der Waals surface area contributed by atoms with Crippen LogP contribution in [-0.4, -0.2) is 13.4 Å². The van der Waals surface area contributed by atoms with Gasteiger partial charge >= 0.3 is 0 Å². The van der Waals surface area contributed by atoms with Gasteiger partial charge in [0.25, 0.3) is 0 Å². The molecule has 2 rings (SSSR count). The van der Waals surface area contributed by atoms with Crippen molar-refractivity contribution in [1.29, 1.82) is 5.26 Å². The van der Waals surface area contributed by atoms with E-state index in [1.807, 2.05) is 13.0 Å². The fourth-order valence-corrected chi connectivity index (χ4v) is 4.05. The Kier molecular flexibility index (Phi) is 4.49. The van der Waals surface area contributed by atoms with E-state index in [1.54, 1.807) is 23.7 Å². The molecule has 1 aromatic heterocycles. The summed E-state index contributed by atoms with van der Waals surface area (Å²) in [5, 5.41) is 11.5. The smallest absolute Gasteiger partial charge is 0.242 e. The van der Waals surface area contributed by atoms with Gasteiger partial charge in [0.2, 0.25) is 10.0 Å². The number of nitrogens with zero attached hydrogens (tertiary/aromatic N) is 2. The summed E-state index contributed by atoms with van der Waals surface area (Å²) >= 11 is 1.40. The summed E-state index contributed by atoms with van der Waals surface area (Å²) in [6.45, 7) is 1.88. The van der Waals surface area contributed by atoms with Crippen LogP contribution in [0.5, 0.6) is 0 Å². The molecule has 1 heterocycles.